The van der Waals surface area contributed by atoms with Gasteiger partial charge < -0.3 is 4.74 Å². The number of carbonyl (C=O) groups excluding carboxylic acids is 1. The molecule has 2 rings (SSSR count). The van der Waals surface area contributed by atoms with Crippen LogP contribution in [0.25, 0.3) is 0 Å². The average molecular weight is 362 g/mol. The fourth-order valence-electron chi connectivity index (χ4n) is 3.57. The maximum absolute atomic E-state index is 13.0. The Hall–Kier alpha value is -1.62. The number of anilines is 1. The molecule has 0 saturated carbocycles. The molecular weight excluding hydrogens is 326 g/mol. The van der Waals surface area contributed by atoms with Gasteiger partial charge in [-0.25, -0.2) is 9.78 Å². The quantitative estimate of drug-likeness (QED) is 0.701. The molecule has 1 saturated heterocycles. The Kier molecular flexibility index (Phi) is 7.04. The van der Waals surface area contributed by atoms with Gasteiger partial charge in [0.05, 0.1) is 0 Å². The number of pyridine rings is 1. The first kappa shape index (κ1) is 20.7. The van der Waals surface area contributed by atoms with Crippen LogP contribution in [-0.4, -0.2) is 40.7 Å². The zero-order valence-corrected chi connectivity index (χ0v) is 17.3. The Labute approximate surface area is 158 Å². The monoisotopic (exact) mass is 361 g/mol. The van der Waals surface area contributed by atoms with E-state index in [4.69, 9.17) is 4.74 Å². The standard InChI is InChI=1S/C21H35N3O2/c1-7-14-23-15-10-12-18(23)17-11-9-13-22-19(17)24(16(3)8-2)20(25)26-21(4,5)6/h9,11,13,16,18H,7-8,10,12,14-15H2,1-6H3. The van der Waals surface area contributed by atoms with E-state index >= 15 is 0 Å². The fraction of sp³-hybridized carbons (Fsp3) is 0.714. The van der Waals surface area contributed by atoms with Crippen molar-refractivity contribution in [3.63, 3.8) is 0 Å². The van der Waals surface area contributed by atoms with Gasteiger partial charge in [-0.15, -0.1) is 0 Å². The summed E-state index contributed by atoms with van der Waals surface area (Å²) >= 11 is 0. The second kappa shape index (κ2) is 8.85. The highest BCUT2D eigenvalue weighted by molar-refractivity contribution is 5.88. The number of ether oxygens (including phenoxy) is 1. The number of amides is 1. The number of likely N-dealkylation sites (tertiary alicyclic amines) is 1. The summed E-state index contributed by atoms with van der Waals surface area (Å²) in [4.78, 5) is 21.9. The van der Waals surface area contributed by atoms with E-state index in [-0.39, 0.29) is 12.1 Å². The first-order chi connectivity index (χ1) is 12.3. The molecule has 0 N–H and O–H groups in total. The van der Waals surface area contributed by atoms with Gasteiger partial charge in [-0.3, -0.25) is 9.80 Å². The predicted octanol–water partition coefficient (Wildman–Crippen LogP) is 5.17. The molecule has 0 radical (unpaired) electrons. The van der Waals surface area contributed by atoms with Gasteiger partial charge in [-0.1, -0.05) is 19.9 Å². The van der Waals surface area contributed by atoms with Crippen molar-refractivity contribution in [2.75, 3.05) is 18.0 Å². The minimum absolute atomic E-state index is 0.0273. The van der Waals surface area contributed by atoms with Crippen LogP contribution >= 0.6 is 0 Å². The molecule has 1 amide bonds. The normalized spacial score (nSPS) is 19.4. The average Bonchev–Trinajstić information content (AvgIpc) is 3.02. The van der Waals surface area contributed by atoms with Gasteiger partial charge in [0.2, 0.25) is 0 Å². The highest BCUT2D eigenvalue weighted by Crippen LogP contribution is 2.37. The molecular formula is C21H35N3O2. The second-order valence-electron chi connectivity index (χ2n) is 8.22. The van der Waals surface area contributed by atoms with Gasteiger partial charge in [-0.2, -0.15) is 0 Å². The molecule has 1 aromatic rings. The third kappa shape index (κ3) is 4.97. The summed E-state index contributed by atoms with van der Waals surface area (Å²) in [6.07, 6.45) is 5.74. The third-order valence-corrected chi connectivity index (χ3v) is 4.90. The van der Waals surface area contributed by atoms with Crippen molar-refractivity contribution in [1.29, 1.82) is 0 Å². The summed E-state index contributed by atoms with van der Waals surface area (Å²) < 4.78 is 5.70. The minimum Gasteiger partial charge on any atom is -0.443 e. The zero-order valence-electron chi connectivity index (χ0n) is 17.3. The van der Waals surface area contributed by atoms with Gasteiger partial charge in [0.25, 0.3) is 0 Å². The van der Waals surface area contributed by atoms with Gasteiger partial charge in [0.15, 0.2) is 0 Å². The molecule has 0 bridgehead atoms. The smallest absolute Gasteiger partial charge is 0.416 e. The molecule has 1 aliphatic rings. The van der Waals surface area contributed by atoms with Crippen LogP contribution in [0.5, 0.6) is 0 Å². The molecule has 0 aliphatic carbocycles. The van der Waals surface area contributed by atoms with E-state index in [2.05, 4.69) is 36.7 Å². The Morgan fingerprint density at radius 1 is 1.42 bits per heavy atom. The Morgan fingerprint density at radius 2 is 2.15 bits per heavy atom. The number of nitrogens with zero attached hydrogens (tertiary/aromatic N) is 3. The van der Waals surface area contributed by atoms with Crippen LogP contribution in [0.3, 0.4) is 0 Å². The second-order valence-corrected chi connectivity index (χ2v) is 8.22. The van der Waals surface area contributed by atoms with Crippen molar-refractivity contribution in [3.05, 3.63) is 23.9 Å². The lowest BCUT2D eigenvalue weighted by Gasteiger charge is -2.34. The van der Waals surface area contributed by atoms with Gasteiger partial charge >= 0.3 is 6.09 Å². The van der Waals surface area contributed by atoms with Gasteiger partial charge in [0.1, 0.15) is 11.4 Å². The summed E-state index contributed by atoms with van der Waals surface area (Å²) in [5.74, 6) is 0.754. The molecule has 0 aromatic carbocycles. The van der Waals surface area contributed by atoms with E-state index in [1.165, 1.54) is 6.42 Å². The largest absolute Gasteiger partial charge is 0.443 e. The van der Waals surface area contributed by atoms with Crippen molar-refractivity contribution < 1.29 is 9.53 Å². The summed E-state index contributed by atoms with van der Waals surface area (Å²) in [6.45, 7) is 14.3. The van der Waals surface area contributed by atoms with E-state index in [9.17, 15) is 4.79 Å². The summed E-state index contributed by atoms with van der Waals surface area (Å²) in [5, 5.41) is 0. The van der Waals surface area contributed by atoms with Crippen LogP contribution in [0.4, 0.5) is 10.6 Å². The van der Waals surface area contributed by atoms with Crippen molar-refractivity contribution in [2.24, 2.45) is 0 Å². The molecule has 2 heterocycles. The molecule has 1 aromatic heterocycles. The van der Waals surface area contributed by atoms with Crippen molar-refractivity contribution in [2.45, 2.75) is 84.9 Å². The molecule has 26 heavy (non-hydrogen) atoms. The molecule has 2 unspecified atom stereocenters. The molecule has 5 nitrogen and oxygen atoms in total. The van der Waals surface area contributed by atoms with Crippen molar-refractivity contribution in [3.8, 4) is 0 Å². The van der Waals surface area contributed by atoms with E-state index in [1.807, 2.05) is 26.8 Å². The topological polar surface area (TPSA) is 45.7 Å². The van der Waals surface area contributed by atoms with E-state index in [0.717, 1.165) is 43.7 Å². The lowest BCUT2D eigenvalue weighted by atomic mass is 10.0. The van der Waals surface area contributed by atoms with Gasteiger partial charge in [0, 0.05) is 23.8 Å². The third-order valence-electron chi connectivity index (χ3n) is 4.90. The van der Waals surface area contributed by atoms with Gasteiger partial charge in [-0.05, 0) is 72.5 Å². The number of rotatable bonds is 6. The SMILES string of the molecule is CCCN1CCCC1c1cccnc1N(C(=O)OC(C)(C)C)C(C)CC. The van der Waals surface area contributed by atoms with E-state index in [1.54, 1.807) is 11.1 Å². The lowest BCUT2D eigenvalue weighted by Crippen LogP contribution is -2.43. The highest BCUT2D eigenvalue weighted by atomic mass is 16.6. The fourth-order valence-corrected chi connectivity index (χ4v) is 3.57. The Morgan fingerprint density at radius 3 is 2.77 bits per heavy atom. The van der Waals surface area contributed by atoms with Crippen LogP contribution in [0.1, 0.15) is 78.8 Å². The van der Waals surface area contributed by atoms with Crippen LogP contribution in [0, 0.1) is 0 Å². The number of hydrogen-bond donors (Lipinski definition) is 0. The first-order valence-corrected chi connectivity index (χ1v) is 9.99. The minimum atomic E-state index is -0.528. The molecule has 0 spiro atoms. The Bertz CT molecular complexity index is 597. The highest BCUT2D eigenvalue weighted by Gasteiger charge is 2.33. The van der Waals surface area contributed by atoms with Crippen LogP contribution in [-0.2, 0) is 4.74 Å². The number of hydrogen-bond acceptors (Lipinski definition) is 4. The maximum atomic E-state index is 13.0. The van der Waals surface area contributed by atoms with Crippen molar-refractivity contribution >= 4 is 11.9 Å². The van der Waals surface area contributed by atoms with E-state index < -0.39 is 5.60 Å². The molecule has 1 fully saturated rings. The summed E-state index contributed by atoms with van der Waals surface area (Å²) in [7, 11) is 0. The first-order valence-electron chi connectivity index (χ1n) is 9.99. The van der Waals surface area contributed by atoms with Crippen molar-refractivity contribution in [1.82, 2.24) is 9.88 Å². The Balaban J connectivity index is 2.41. The predicted molar refractivity (Wildman–Crippen MR) is 107 cm³/mol. The van der Waals surface area contributed by atoms with Crippen LogP contribution < -0.4 is 4.90 Å². The van der Waals surface area contributed by atoms with Crippen LogP contribution in [0.15, 0.2) is 18.3 Å². The van der Waals surface area contributed by atoms with Crippen LogP contribution in [0.2, 0.25) is 0 Å². The number of carbonyl (C=O) groups is 1. The molecule has 2 atom stereocenters. The molecule has 5 heteroatoms. The maximum Gasteiger partial charge on any atom is 0.416 e. The summed E-state index contributed by atoms with van der Waals surface area (Å²) in [5.41, 5.74) is 0.615. The van der Waals surface area contributed by atoms with E-state index in [0.29, 0.717) is 6.04 Å². The number of aromatic nitrogens is 1. The molecule has 1 aliphatic heterocycles. The zero-order chi connectivity index (χ0) is 19.3. The lowest BCUT2D eigenvalue weighted by molar-refractivity contribution is 0.0565. The molecule has 146 valence electrons. The summed E-state index contributed by atoms with van der Waals surface area (Å²) in [6, 6.07) is 4.46.